The van der Waals surface area contributed by atoms with E-state index in [4.69, 9.17) is 5.73 Å². The summed E-state index contributed by atoms with van der Waals surface area (Å²) in [5, 5.41) is 10.7. The Hall–Kier alpha value is -2.50. The van der Waals surface area contributed by atoms with Crippen molar-refractivity contribution in [1.82, 2.24) is 0 Å². The van der Waals surface area contributed by atoms with Crippen LogP contribution in [-0.2, 0) is 4.79 Å². The number of nitro benzene ring substituents is 1. The van der Waals surface area contributed by atoms with Crippen LogP contribution in [0.2, 0.25) is 0 Å². The lowest BCUT2D eigenvalue weighted by Crippen LogP contribution is -2.05. The van der Waals surface area contributed by atoms with E-state index in [0.29, 0.717) is 6.29 Å². The molecule has 0 aliphatic rings. The van der Waals surface area contributed by atoms with Gasteiger partial charge in [0, 0.05) is 17.7 Å². The van der Waals surface area contributed by atoms with Crippen LogP contribution in [0.1, 0.15) is 15.9 Å². The van der Waals surface area contributed by atoms with E-state index < -0.39 is 10.8 Å². The van der Waals surface area contributed by atoms with Crippen LogP contribution in [0.4, 0.5) is 5.69 Å². The summed E-state index contributed by atoms with van der Waals surface area (Å²) < 4.78 is 0. The maximum absolute atomic E-state index is 10.7. The van der Waals surface area contributed by atoms with Gasteiger partial charge in [0.1, 0.15) is 6.29 Å². The van der Waals surface area contributed by atoms with Crippen molar-refractivity contribution in [3.05, 3.63) is 45.5 Å². The van der Waals surface area contributed by atoms with Crippen molar-refractivity contribution in [2.45, 2.75) is 0 Å². The van der Waals surface area contributed by atoms with Crippen molar-refractivity contribution in [3.8, 4) is 0 Å². The molecule has 0 bridgehead atoms. The maximum atomic E-state index is 10.7. The number of nitrogens with two attached hydrogens (primary N) is 1. The third-order valence-electron chi connectivity index (χ3n) is 1.81. The predicted molar refractivity (Wildman–Crippen MR) is 56.7 cm³/mol. The van der Waals surface area contributed by atoms with Crippen LogP contribution in [0.15, 0.2) is 24.3 Å². The molecule has 6 nitrogen and oxygen atoms in total. The fourth-order valence-electron chi connectivity index (χ4n) is 1.10. The first-order valence-electron chi connectivity index (χ1n) is 4.25. The molecule has 0 fully saturated rings. The Morgan fingerprint density at radius 1 is 1.44 bits per heavy atom. The van der Waals surface area contributed by atoms with Crippen LogP contribution < -0.4 is 5.73 Å². The van der Waals surface area contributed by atoms with Crippen molar-refractivity contribution >= 4 is 24.0 Å². The Balaban J connectivity index is 3.23. The van der Waals surface area contributed by atoms with Gasteiger partial charge < -0.3 is 5.73 Å². The summed E-state index contributed by atoms with van der Waals surface area (Å²) in [4.78, 5) is 31.0. The number of primary amides is 1. The Labute approximate surface area is 90.5 Å². The highest BCUT2D eigenvalue weighted by Crippen LogP contribution is 2.20. The Kier molecular flexibility index (Phi) is 3.49. The molecule has 1 aromatic rings. The molecule has 16 heavy (non-hydrogen) atoms. The molecule has 0 spiro atoms. The molecule has 1 rings (SSSR count). The van der Waals surface area contributed by atoms with Gasteiger partial charge in [-0.1, -0.05) is 6.07 Å². The minimum absolute atomic E-state index is 0.197. The molecular weight excluding hydrogens is 212 g/mol. The number of benzene rings is 1. The highest BCUT2D eigenvalue weighted by atomic mass is 16.6. The van der Waals surface area contributed by atoms with Crippen LogP contribution in [0.25, 0.3) is 6.08 Å². The van der Waals surface area contributed by atoms with Crippen LogP contribution in [0, 0.1) is 10.1 Å². The molecule has 0 heterocycles. The van der Waals surface area contributed by atoms with Crippen LogP contribution in [0.5, 0.6) is 0 Å². The molecule has 1 aromatic carbocycles. The van der Waals surface area contributed by atoms with Crippen LogP contribution in [-0.4, -0.2) is 17.1 Å². The maximum Gasteiger partial charge on any atom is 0.277 e. The lowest BCUT2D eigenvalue weighted by Gasteiger charge is -1.97. The van der Waals surface area contributed by atoms with E-state index in [1.807, 2.05) is 0 Å². The van der Waals surface area contributed by atoms with E-state index in [1.165, 1.54) is 18.2 Å². The van der Waals surface area contributed by atoms with Gasteiger partial charge in [-0.2, -0.15) is 0 Å². The summed E-state index contributed by atoms with van der Waals surface area (Å²) in [5.41, 5.74) is 5.04. The smallest absolute Gasteiger partial charge is 0.277 e. The van der Waals surface area contributed by atoms with Gasteiger partial charge in [-0.25, -0.2) is 0 Å². The second-order valence-corrected chi connectivity index (χ2v) is 2.93. The molecule has 0 saturated heterocycles. The normalized spacial score (nSPS) is 10.2. The highest BCUT2D eigenvalue weighted by molar-refractivity contribution is 5.91. The molecule has 0 aliphatic heterocycles. The van der Waals surface area contributed by atoms with Crippen molar-refractivity contribution in [2.24, 2.45) is 5.73 Å². The summed E-state index contributed by atoms with van der Waals surface area (Å²) in [6, 6.07) is 3.93. The van der Waals surface area contributed by atoms with Crippen molar-refractivity contribution < 1.29 is 14.5 Å². The lowest BCUT2D eigenvalue weighted by molar-refractivity contribution is -0.385. The average molecular weight is 220 g/mol. The van der Waals surface area contributed by atoms with Crippen molar-refractivity contribution in [3.63, 3.8) is 0 Å². The molecule has 0 saturated carbocycles. The fourth-order valence-corrected chi connectivity index (χ4v) is 1.10. The summed E-state index contributed by atoms with van der Waals surface area (Å²) in [6.07, 6.45) is 2.76. The molecule has 1 amide bonds. The quantitative estimate of drug-likeness (QED) is 0.352. The van der Waals surface area contributed by atoms with Gasteiger partial charge in [-0.3, -0.25) is 19.7 Å². The second kappa shape index (κ2) is 4.83. The predicted octanol–water partition coefficient (Wildman–Crippen LogP) is 0.906. The van der Waals surface area contributed by atoms with Gasteiger partial charge in [-0.05, 0) is 12.1 Å². The topological polar surface area (TPSA) is 103 Å². The lowest BCUT2D eigenvalue weighted by atomic mass is 10.1. The Morgan fingerprint density at radius 3 is 2.62 bits per heavy atom. The number of carbonyl (C=O) groups excluding carboxylic acids is 2. The number of nitrogens with zero attached hydrogens (tertiary/aromatic N) is 1. The fraction of sp³-hybridized carbons (Fsp3) is 0. The van der Waals surface area contributed by atoms with E-state index in [0.717, 1.165) is 12.1 Å². The standard InChI is InChI=1S/C10H8N2O4/c11-10(14)4-3-8-2-1-7(6-13)5-9(8)12(15)16/h1-6H,(H2,11,14). The summed E-state index contributed by atoms with van der Waals surface area (Å²) >= 11 is 0. The van der Waals surface area contributed by atoms with Gasteiger partial charge in [0.05, 0.1) is 10.5 Å². The number of amides is 1. The molecule has 0 unspecified atom stereocenters. The number of aldehydes is 1. The van der Waals surface area contributed by atoms with Gasteiger partial charge >= 0.3 is 0 Å². The minimum Gasteiger partial charge on any atom is -0.366 e. The van der Waals surface area contributed by atoms with Gasteiger partial charge in [0.25, 0.3) is 5.69 Å². The van der Waals surface area contributed by atoms with Gasteiger partial charge in [0.15, 0.2) is 0 Å². The number of rotatable bonds is 4. The summed E-state index contributed by atoms with van der Waals surface area (Å²) in [6.45, 7) is 0. The Bertz CT molecular complexity index is 480. The van der Waals surface area contributed by atoms with Gasteiger partial charge in [0.2, 0.25) is 5.91 Å². The summed E-state index contributed by atoms with van der Waals surface area (Å²) in [7, 11) is 0. The molecule has 82 valence electrons. The van der Waals surface area contributed by atoms with E-state index in [2.05, 4.69) is 0 Å². The number of nitro groups is 1. The van der Waals surface area contributed by atoms with Crippen molar-refractivity contribution in [1.29, 1.82) is 0 Å². The molecule has 2 N–H and O–H groups in total. The largest absolute Gasteiger partial charge is 0.366 e. The van der Waals surface area contributed by atoms with E-state index >= 15 is 0 Å². The molecule has 0 atom stereocenters. The first kappa shape index (κ1) is 11.6. The summed E-state index contributed by atoms with van der Waals surface area (Å²) in [5.74, 6) is -0.700. The third kappa shape index (κ3) is 2.74. The number of hydrogen-bond donors (Lipinski definition) is 1. The van der Waals surface area contributed by atoms with E-state index in [1.54, 1.807) is 0 Å². The van der Waals surface area contributed by atoms with Crippen molar-refractivity contribution in [2.75, 3.05) is 0 Å². The van der Waals surface area contributed by atoms with E-state index in [-0.39, 0.29) is 16.8 Å². The average Bonchev–Trinajstić information content (AvgIpc) is 2.25. The monoisotopic (exact) mass is 220 g/mol. The number of hydrogen-bond acceptors (Lipinski definition) is 4. The molecule has 0 aromatic heterocycles. The molecular formula is C10H8N2O4. The highest BCUT2D eigenvalue weighted by Gasteiger charge is 2.12. The first-order valence-corrected chi connectivity index (χ1v) is 4.25. The molecule has 6 heteroatoms. The zero-order valence-electron chi connectivity index (χ0n) is 8.12. The molecule has 0 aliphatic carbocycles. The van der Waals surface area contributed by atoms with E-state index in [9.17, 15) is 19.7 Å². The Morgan fingerprint density at radius 2 is 2.12 bits per heavy atom. The zero-order valence-corrected chi connectivity index (χ0v) is 8.12. The third-order valence-corrected chi connectivity index (χ3v) is 1.81. The molecule has 0 radical (unpaired) electrons. The SMILES string of the molecule is NC(=O)C=Cc1ccc(C=O)cc1[N+](=O)[O-]. The minimum atomic E-state index is -0.700. The second-order valence-electron chi connectivity index (χ2n) is 2.93. The van der Waals surface area contributed by atoms with Gasteiger partial charge in [-0.15, -0.1) is 0 Å². The van der Waals surface area contributed by atoms with Crippen LogP contribution >= 0.6 is 0 Å². The number of carbonyl (C=O) groups is 2. The zero-order chi connectivity index (χ0) is 12.1. The first-order chi connectivity index (χ1) is 7.54. The van der Waals surface area contributed by atoms with Crippen LogP contribution in [0.3, 0.4) is 0 Å².